The monoisotopic (exact) mass is 876 g/mol. The van der Waals surface area contributed by atoms with E-state index < -0.39 is 59.9 Å². The largest absolute Gasteiger partial charge is 0.480 e. The second-order valence-corrected chi connectivity index (χ2v) is 16.0. The van der Waals surface area contributed by atoms with E-state index in [-0.39, 0.29) is 80.6 Å². The molecule has 5 rings (SSSR count). The van der Waals surface area contributed by atoms with Gasteiger partial charge in [-0.25, -0.2) is 27.7 Å². The minimum Gasteiger partial charge on any atom is -0.480 e. The number of urea groups is 1. The maximum absolute atomic E-state index is 15.3. The predicted octanol–water partition coefficient (Wildman–Crippen LogP) is 3.31. The normalized spacial score (nSPS) is 18.2. The fourth-order valence-corrected chi connectivity index (χ4v) is 7.87. The van der Waals surface area contributed by atoms with E-state index >= 15 is 8.78 Å². The van der Waals surface area contributed by atoms with Gasteiger partial charge in [-0.3, -0.25) is 9.59 Å². The lowest BCUT2D eigenvalue weighted by molar-refractivity contribution is -0.138. The number of nitrogens with two attached hydrogens (primary N) is 1. The van der Waals surface area contributed by atoms with Crippen molar-refractivity contribution in [1.29, 1.82) is 0 Å². The Morgan fingerprint density at radius 2 is 1.82 bits per heavy atom. The number of carbonyl (C=O) groups excluding carboxylic acids is 3. The van der Waals surface area contributed by atoms with Gasteiger partial charge in [0.25, 0.3) is 0 Å². The molecular formula is C41H55F3N8O8S. The fourth-order valence-electron chi connectivity index (χ4n) is 7.07. The van der Waals surface area contributed by atoms with Crippen molar-refractivity contribution < 1.29 is 51.7 Å². The Bertz CT molecular complexity index is 1890. The number of alkyl carbamates (subject to hydrolysis) is 1. The Kier molecular flexibility index (Phi) is 18.5. The van der Waals surface area contributed by atoms with Crippen LogP contribution in [0.2, 0.25) is 0 Å². The number of aromatic nitrogens is 2. The molecule has 3 aromatic rings. The van der Waals surface area contributed by atoms with E-state index in [0.29, 0.717) is 45.0 Å². The topological polar surface area (TPSA) is 211 Å². The molecule has 2 fully saturated rings. The summed E-state index contributed by atoms with van der Waals surface area (Å²) in [4.78, 5) is 56.2. The zero-order valence-corrected chi connectivity index (χ0v) is 34.8. The van der Waals surface area contributed by atoms with Crippen LogP contribution in [0.3, 0.4) is 0 Å². The third-order valence-corrected chi connectivity index (χ3v) is 11.3. The van der Waals surface area contributed by atoms with E-state index in [2.05, 4.69) is 21.3 Å². The highest BCUT2D eigenvalue weighted by atomic mass is 32.2. The maximum atomic E-state index is 15.3. The van der Waals surface area contributed by atoms with Crippen LogP contribution in [-0.2, 0) is 30.3 Å². The van der Waals surface area contributed by atoms with E-state index in [0.717, 1.165) is 35.5 Å². The van der Waals surface area contributed by atoms with Crippen molar-refractivity contribution in [3.63, 3.8) is 0 Å². The highest BCUT2D eigenvalue weighted by Gasteiger charge is 2.40. The van der Waals surface area contributed by atoms with Gasteiger partial charge in [0.1, 0.15) is 36.3 Å². The van der Waals surface area contributed by atoms with E-state index in [1.807, 2.05) is 34.9 Å². The SMILES string of the molecule is C[C@@H](COC(=O)NCCOCCNC(=O)CSC[C@H](N)C(=O)O)NC(=O)N(C[C@@H]1CNC[C@@H]1F)[C@@H](c1nc(-c2cc(F)ccc2F)cn1Cc1ccccc1)C1CCOCC1. The molecule has 5 atom stereocenters. The molecule has 0 spiro atoms. The van der Waals surface area contributed by atoms with Crippen molar-refractivity contribution >= 4 is 35.8 Å². The lowest BCUT2D eigenvalue weighted by Gasteiger charge is -2.40. The molecule has 0 aliphatic carbocycles. The third-order valence-electron chi connectivity index (χ3n) is 10.2. The molecule has 2 aliphatic heterocycles. The lowest BCUT2D eigenvalue weighted by atomic mass is 9.89. The number of halogens is 3. The molecule has 2 aliphatic rings. The maximum Gasteiger partial charge on any atom is 0.407 e. The van der Waals surface area contributed by atoms with Gasteiger partial charge in [0, 0.05) is 75.9 Å². The number of hydrogen-bond donors (Lipinski definition) is 6. The average Bonchev–Trinajstić information content (AvgIpc) is 3.85. The number of thioether (sulfide) groups is 1. The first-order chi connectivity index (χ1) is 29.4. The molecule has 7 N–H and O–H groups in total. The number of imidazole rings is 1. The Morgan fingerprint density at radius 3 is 2.52 bits per heavy atom. The Morgan fingerprint density at radius 1 is 1.08 bits per heavy atom. The standard InChI is InChI=1S/C41H55F3N8O8S/c1-26(23-60-41(57)48-12-16-59-15-11-47-36(53)25-61-24-34(45)39(54)55)49-40(56)52(21-29-18-46-19-33(29)44)37(28-9-13-58-14-10-28)38-50-35(31-17-30(42)7-8-32(31)43)22-51(38)20-27-5-3-2-4-6-27/h2-8,17,22,26,28-29,33-34,37,46H,9-16,18-21,23-25,45H2,1H3,(H,47,53)(H,48,57)(H,49,56)(H,54,55)/t26-,29-,33-,34-,37+/m0/s1. The van der Waals surface area contributed by atoms with Gasteiger partial charge in [0.15, 0.2) is 0 Å². The van der Waals surface area contributed by atoms with Gasteiger partial charge in [-0.2, -0.15) is 0 Å². The van der Waals surface area contributed by atoms with E-state index in [1.54, 1.807) is 18.0 Å². The van der Waals surface area contributed by atoms with Crippen LogP contribution in [0.4, 0.5) is 22.8 Å². The van der Waals surface area contributed by atoms with Crippen molar-refractivity contribution in [2.24, 2.45) is 17.6 Å². The van der Waals surface area contributed by atoms with Crippen LogP contribution in [0, 0.1) is 23.5 Å². The minimum atomic E-state index is -1.22. The summed E-state index contributed by atoms with van der Waals surface area (Å²) in [6.45, 7) is 3.73. The van der Waals surface area contributed by atoms with E-state index in [9.17, 15) is 23.6 Å². The summed E-state index contributed by atoms with van der Waals surface area (Å²) in [7, 11) is 0. The number of alkyl halides is 1. The van der Waals surface area contributed by atoms with E-state index in [1.165, 1.54) is 0 Å². The molecule has 334 valence electrons. The number of aliphatic carboxylic acids is 1. The van der Waals surface area contributed by atoms with Crippen molar-refractivity contribution in [3.05, 3.63) is 77.8 Å². The van der Waals surface area contributed by atoms with Crippen molar-refractivity contribution in [2.45, 2.75) is 50.6 Å². The van der Waals surface area contributed by atoms with Crippen LogP contribution >= 0.6 is 11.8 Å². The molecule has 0 radical (unpaired) electrons. The number of nitrogens with zero attached hydrogens (tertiary/aromatic N) is 3. The van der Waals surface area contributed by atoms with Gasteiger partial charge in [-0.15, -0.1) is 11.8 Å². The van der Waals surface area contributed by atoms with Gasteiger partial charge < -0.3 is 55.8 Å². The molecule has 16 nitrogen and oxygen atoms in total. The molecule has 2 saturated heterocycles. The van der Waals surface area contributed by atoms with Crippen molar-refractivity contribution in [1.82, 2.24) is 35.7 Å². The average molecular weight is 877 g/mol. The van der Waals surface area contributed by atoms with Crippen molar-refractivity contribution in [2.75, 3.05) is 77.3 Å². The first kappa shape index (κ1) is 47.2. The number of carbonyl (C=O) groups is 4. The third kappa shape index (κ3) is 14.6. The Labute approximate surface area is 356 Å². The summed E-state index contributed by atoms with van der Waals surface area (Å²) in [5, 5.41) is 20.0. The zero-order valence-electron chi connectivity index (χ0n) is 34.0. The first-order valence-electron chi connectivity index (χ1n) is 20.3. The second kappa shape index (κ2) is 23.9. The van der Waals surface area contributed by atoms with Crippen molar-refractivity contribution in [3.8, 4) is 11.3 Å². The molecule has 3 heterocycles. The molecule has 1 aromatic heterocycles. The summed E-state index contributed by atoms with van der Waals surface area (Å²) in [5.74, 6) is -2.87. The summed E-state index contributed by atoms with van der Waals surface area (Å²) in [6, 6.07) is 9.68. The lowest BCUT2D eigenvalue weighted by Crippen LogP contribution is -2.52. The second-order valence-electron chi connectivity index (χ2n) is 15.0. The summed E-state index contributed by atoms with van der Waals surface area (Å²) < 4.78 is 63.4. The van der Waals surface area contributed by atoms with Gasteiger partial charge >= 0.3 is 18.1 Å². The first-order valence-corrected chi connectivity index (χ1v) is 21.4. The molecule has 61 heavy (non-hydrogen) atoms. The highest BCUT2D eigenvalue weighted by Crippen LogP contribution is 2.38. The van der Waals surface area contributed by atoms with Crippen LogP contribution in [-0.4, -0.2) is 139 Å². The number of benzene rings is 2. The van der Waals surface area contributed by atoms with Crippen LogP contribution in [0.25, 0.3) is 11.3 Å². The highest BCUT2D eigenvalue weighted by molar-refractivity contribution is 8.00. The molecule has 4 amide bonds. The molecule has 2 aromatic carbocycles. The number of ether oxygens (including phenoxy) is 3. The number of nitrogens with one attached hydrogen (secondary N) is 4. The Hall–Kier alpha value is -4.89. The summed E-state index contributed by atoms with van der Waals surface area (Å²) in [6.07, 6.45) is 0.797. The van der Waals surface area contributed by atoms with Crippen LogP contribution < -0.4 is 27.0 Å². The molecule has 0 saturated carbocycles. The quantitative estimate of drug-likeness (QED) is 0.0804. The number of carboxylic acids is 1. The predicted molar refractivity (Wildman–Crippen MR) is 221 cm³/mol. The van der Waals surface area contributed by atoms with Gasteiger partial charge in [-0.1, -0.05) is 30.3 Å². The smallest absolute Gasteiger partial charge is 0.407 e. The summed E-state index contributed by atoms with van der Waals surface area (Å²) >= 11 is 1.11. The molecule has 20 heteroatoms. The molecular weight excluding hydrogens is 822 g/mol. The zero-order chi connectivity index (χ0) is 43.7. The molecule has 0 bridgehead atoms. The number of hydrogen-bond acceptors (Lipinski definition) is 11. The number of rotatable bonds is 22. The van der Waals surface area contributed by atoms with Crippen LogP contribution in [0.5, 0.6) is 0 Å². The Balaban J connectivity index is 1.24. The van der Waals surface area contributed by atoms with Crippen LogP contribution in [0.1, 0.15) is 37.2 Å². The van der Waals surface area contributed by atoms with Gasteiger partial charge in [0.2, 0.25) is 5.91 Å². The van der Waals surface area contributed by atoms with Gasteiger partial charge in [0.05, 0.1) is 36.7 Å². The fraction of sp³-hybridized carbons (Fsp3) is 0.537. The van der Waals surface area contributed by atoms with E-state index in [4.69, 9.17) is 30.0 Å². The van der Waals surface area contributed by atoms with Crippen LogP contribution in [0.15, 0.2) is 54.7 Å². The minimum absolute atomic E-state index is 0.0160. The number of amides is 4. The van der Waals surface area contributed by atoms with Gasteiger partial charge in [-0.05, 0) is 49.4 Å². The molecule has 0 unspecified atom stereocenters. The summed E-state index contributed by atoms with van der Waals surface area (Å²) in [5.41, 5.74) is 6.47. The number of carboxylic acid groups (broad SMARTS) is 1.